The highest BCUT2D eigenvalue weighted by Crippen LogP contribution is 2.36. The highest BCUT2D eigenvalue weighted by atomic mass is 32.2. The molecule has 2 aromatic heterocycles. The van der Waals surface area contributed by atoms with E-state index in [9.17, 15) is 18.3 Å². The second-order valence-corrected chi connectivity index (χ2v) is 13.0. The minimum atomic E-state index is -4.06. The number of aryl methyl sites for hydroxylation is 1. The van der Waals surface area contributed by atoms with Gasteiger partial charge in [0.15, 0.2) is 11.3 Å². The molecule has 1 aliphatic heterocycles. The molecule has 0 bridgehead atoms. The molecule has 0 amide bonds. The van der Waals surface area contributed by atoms with Gasteiger partial charge in [0.2, 0.25) is 10.0 Å². The van der Waals surface area contributed by atoms with E-state index in [1.807, 2.05) is 6.92 Å². The quantitative estimate of drug-likeness (QED) is 0.239. The van der Waals surface area contributed by atoms with Crippen molar-refractivity contribution in [2.45, 2.75) is 82.8 Å². The van der Waals surface area contributed by atoms with Crippen molar-refractivity contribution in [3.05, 3.63) is 69.9 Å². The average molecular weight is 624 g/mol. The third kappa shape index (κ3) is 5.85. The maximum Gasteiger partial charge on any atom is 0.277 e. The van der Waals surface area contributed by atoms with Crippen LogP contribution in [-0.4, -0.2) is 63.7 Å². The summed E-state index contributed by atoms with van der Waals surface area (Å²) in [5.41, 5.74) is 1.54. The van der Waals surface area contributed by atoms with E-state index in [4.69, 9.17) is 14.6 Å². The van der Waals surface area contributed by atoms with Crippen LogP contribution >= 0.6 is 0 Å². The molecule has 4 aromatic rings. The van der Waals surface area contributed by atoms with Crippen molar-refractivity contribution in [2.75, 3.05) is 20.3 Å². The highest BCUT2D eigenvalue weighted by Gasteiger charge is 2.38. The van der Waals surface area contributed by atoms with Crippen LogP contribution in [0.15, 0.2) is 52.2 Å². The van der Waals surface area contributed by atoms with Gasteiger partial charge in [0, 0.05) is 12.5 Å². The first-order valence-corrected chi connectivity index (χ1v) is 16.7. The number of benzene rings is 2. The first kappa shape index (κ1) is 31.7. The molecule has 1 saturated heterocycles. The van der Waals surface area contributed by atoms with E-state index in [-0.39, 0.29) is 28.7 Å². The zero-order valence-corrected chi connectivity index (χ0v) is 26.7. The number of fused-ring (bicyclic) bond motifs is 1. The molecule has 236 valence electrons. The number of nitrogens with zero attached hydrogens (tertiary/aromatic N) is 4. The summed E-state index contributed by atoms with van der Waals surface area (Å²) < 4.78 is 42.6. The molecule has 2 aromatic carbocycles. The van der Waals surface area contributed by atoms with Gasteiger partial charge in [-0.1, -0.05) is 32.4 Å². The Morgan fingerprint density at radius 1 is 1.09 bits per heavy atom. The van der Waals surface area contributed by atoms with E-state index >= 15 is 0 Å². The van der Waals surface area contributed by atoms with Crippen molar-refractivity contribution in [2.24, 2.45) is 0 Å². The Morgan fingerprint density at radius 2 is 1.82 bits per heavy atom. The fourth-order valence-corrected chi connectivity index (χ4v) is 7.80. The SMILES string of the molecule is CCOc1ccc(S(=O)(=O)N2CCCCC2C(O)c2ccc(OC)cc2)cc1-c1nn2c(C(CC)CC)nc(C)c2c(=O)[nH]1. The zero-order valence-electron chi connectivity index (χ0n) is 25.9. The number of piperidine rings is 1. The molecule has 2 atom stereocenters. The molecule has 0 aliphatic carbocycles. The largest absolute Gasteiger partial charge is 0.497 e. The lowest BCUT2D eigenvalue weighted by Crippen LogP contribution is -2.46. The molecular weight excluding hydrogens is 582 g/mol. The van der Waals surface area contributed by atoms with Gasteiger partial charge in [0.05, 0.1) is 42.0 Å². The van der Waals surface area contributed by atoms with E-state index in [0.717, 1.165) is 19.3 Å². The van der Waals surface area contributed by atoms with Crippen molar-refractivity contribution >= 4 is 15.5 Å². The third-order valence-electron chi connectivity index (χ3n) is 8.48. The average Bonchev–Trinajstić information content (AvgIpc) is 3.37. The molecule has 5 rings (SSSR count). The van der Waals surface area contributed by atoms with Gasteiger partial charge in [-0.15, -0.1) is 5.10 Å². The molecule has 44 heavy (non-hydrogen) atoms. The van der Waals surface area contributed by atoms with Crippen molar-refractivity contribution in [1.82, 2.24) is 23.9 Å². The molecule has 3 heterocycles. The topological polar surface area (TPSA) is 139 Å². The molecule has 0 radical (unpaired) electrons. The molecule has 1 aliphatic rings. The van der Waals surface area contributed by atoms with Gasteiger partial charge in [-0.05, 0) is 75.4 Å². The Morgan fingerprint density at radius 3 is 2.48 bits per heavy atom. The predicted molar refractivity (Wildman–Crippen MR) is 168 cm³/mol. The van der Waals surface area contributed by atoms with Crippen LogP contribution in [0.2, 0.25) is 0 Å². The minimum absolute atomic E-state index is 0.0227. The van der Waals surface area contributed by atoms with Crippen LogP contribution in [0.3, 0.4) is 0 Å². The van der Waals surface area contributed by atoms with Gasteiger partial charge in [-0.3, -0.25) is 4.79 Å². The first-order valence-electron chi connectivity index (χ1n) is 15.2. The van der Waals surface area contributed by atoms with E-state index in [1.165, 1.54) is 16.4 Å². The van der Waals surface area contributed by atoms with E-state index in [2.05, 4.69) is 23.8 Å². The lowest BCUT2D eigenvalue weighted by atomic mass is 9.95. The molecule has 11 nitrogen and oxygen atoms in total. The molecule has 1 fully saturated rings. The molecular formula is C32H41N5O6S. The van der Waals surface area contributed by atoms with Crippen LogP contribution in [0, 0.1) is 6.92 Å². The van der Waals surface area contributed by atoms with Crippen molar-refractivity contribution in [1.29, 1.82) is 0 Å². The standard InChI is InChI=1S/C32H41N5O6S/c1-6-21(7-2)31-33-20(4)28-32(39)34-30(35-37(28)31)25-19-24(16-17-27(25)43-8-3)44(40,41)36-18-10-9-11-26(36)29(38)22-12-14-23(42-5)15-13-22/h12-17,19,21,26,29,38H,6-11,18H2,1-5H3,(H,34,35,39). The second kappa shape index (κ2) is 13.1. The molecule has 12 heteroatoms. The van der Waals surface area contributed by atoms with Crippen LogP contribution in [0.5, 0.6) is 11.5 Å². The summed E-state index contributed by atoms with van der Waals surface area (Å²) in [6.45, 7) is 8.36. The summed E-state index contributed by atoms with van der Waals surface area (Å²) in [7, 11) is -2.50. The van der Waals surface area contributed by atoms with Crippen molar-refractivity contribution < 1.29 is 23.0 Å². The Hall–Kier alpha value is -3.74. The Bertz CT molecular complexity index is 1780. The number of aromatic amines is 1. The Kier molecular flexibility index (Phi) is 9.42. The van der Waals surface area contributed by atoms with E-state index in [0.29, 0.717) is 59.1 Å². The number of imidazole rings is 1. The number of sulfonamides is 1. The first-order chi connectivity index (χ1) is 21.1. The fraction of sp³-hybridized carbons (Fsp3) is 0.469. The maximum atomic E-state index is 14.2. The van der Waals surface area contributed by atoms with Gasteiger partial charge >= 0.3 is 0 Å². The summed E-state index contributed by atoms with van der Waals surface area (Å²) in [5.74, 6) is 2.02. The van der Waals surface area contributed by atoms with Crippen LogP contribution in [0.1, 0.15) is 82.0 Å². The molecule has 2 N–H and O–H groups in total. The molecule has 0 spiro atoms. The van der Waals surface area contributed by atoms with Crippen LogP contribution < -0.4 is 15.0 Å². The number of methoxy groups -OCH3 is 1. The number of nitrogens with one attached hydrogen (secondary N) is 1. The summed E-state index contributed by atoms with van der Waals surface area (Å²) in [6.07, 6.45) is 2.63. The third-order valence-corrected chi connectivity index (χ3v) is 10.4. The maximum absolute atomic E-state index is 14.2. The Labute approximate surface area is 257 Å². The van der Waals surface area contributed by atoms with E-state index in [1.54, 1.807) is 48.9 Å². The van der Waals surface area contributed by atoms with Gasteiger partial charge < -0.3 is 19.6 Å². The monoisotopic (exact) mass is 623 g/mol. The smallest absolute Gasteiger partial charge is 0.277 e. The zero-order chi connectivity index (χ0) is 31.6. The van der Waals surface area contributed by atoms with Gasteiger partial charge in [-0.25, -0.2) is 17.9 Å². The molecule has 0 saturated carbocycles. The fourth-order valence-electron chi connectivity index (χ4n) is 6.07. The van der Waals surface area contributed by atoms with Crippen LogP contribution in [0.25, 0.3) is 16.9 Å². The lowest BCUT2D eigenvalue weighted by molar-refractivity contribution is 0.0690. The number of H-pyrrole nitrogens is 1. The predicted octanol–water partition coefficient (Wildman–Crippen LogP) is 4.98. The van der Waals surface area contributed by atoms with Gasteiger partial charge in [0.25, 0.3) is 5.56 Å². The minimum Gasteiger partial charge on any atom is -0.497 e. The Balaban J connectivity index is 1.59. The lowest BCUT2D eigenvalue weighted by Gasteiger charge is -2.37. The second-order valence-electron chi connectivity index (χ2n) is 11.1. The van der Waals surface area contributed by atoms with E-state index < -0.39 is 22.2 Å². The normalized spacial score (nSPS) is 16.8. The number of ether oxygens (including phenoxy) is 2. The van der Waals surface area contributed by atoms with Gasteiger partial charge in [-0.2, -0.15) is 4.31 Å². The summed E-state index contributed by atoms with van der Waals surface area (Å²) in [5, 5.41) is 16.1. The van der Waals surface area contributed by atoms with Crippen molar-refractivity contribution in [3.8, 4) is 22.9 Å². The number of hydrogen-bond acceptors (Lipinski definition) is 8. The summed E-state index contributed by atoms with van der Waals surface area (Å²) >= 11 is 0. The summed E-state index contributed by atoms with van der Waals surface area (Å²) in [4.78, 5) is 20.9. The summed E-state index contributed by atoms with van der Waals surface area (Å²) in [6, 6.07) is 10.9. The number of rotatable bonds is 11. The number of aromatic nitrogens is 4. The van der Waals surface area contributed by atoms with Crippen LogP contribution in [-0.2, 0) is 10.0 Å². The number of aliphatic hydroxyl groups is 1. The molecule has 2 unspecified atom stereocenters. The van der Waals surface area contributed by atoms with Crippen molar-refractivity contribution in [3.63, 3.8) is 0 Å². The number of hydrogen-bond donors (Lipinski definition) is 2. The highest BCUT2D eigenvalue weighted by molar-refractivity contribution is 7.89. The van der Waals surface area contributed by atoms with Gasteiger partial charge in [0.1, 0.15) is 17.3 Å². The van der Waals surface area contributed by atoms with Crippen LogP contribution in [0.4, 0.5) is 0 Å². The number of aliphatic hydroxyl groups excluding tert-OH is 1.